The Labute approximate surface area is 137 Å². The number of amides is 1. The molecular weight excluding hydrogens is 288 g/mol. The van der Waals surface area contributed by atoms with E-state index in [1.807, 2.05) is 63.2 Å². The first kappa shape index (κ1) is 16.7. The summed E-state index contributed by atoms with van der Waals surface area (Å²) >= 11 is 0. The predicted molar refractivity (Wildman–Crippen MR) is 93.2 cm³/mol. The van der Waals surface area contributed by atoms with Gasteiger partial charge in [0.25, 0.3) is 5.91 Å². The molecule has 0 unspecified atom stereocenters. The minimum atomic E-state index is -0.201. The molecule has 0 aliphatic heterocycles. The molecule has 1 amide bonds. The molecule has 0 fully saturated rings. The molecule has 2 rings (SSSR count). The van der Waals surface area contributed by atoms with Crippen molar-refractivity contribution < 1.29 is 9.53 Å². The van der Waals surface area contributed by atoms with Crippen LogP contribution in [0.1, 0.15) is 40.4 Å². The molecular formula is C19H22N2O2. The van der Waals surface area contributed by atoms with Gasteiger partial charge in [-0.05, 0) is 73.4 Å². The van der Waals surface area contributed by atoms with Crippen LogP contribution in [0.15, 0.2) is 47.6 Å². The Balaban J connectivity index is 2.14. The van der Waals surface area contributed by atoms with E-state index in [4.69, 9.17) is 4.74 Å². The number of hydrazone groups is 1. The van der Waals surface area contributed by atoms with Gasteiger partial charge in [-0.2, -0.15) is 5.10 Å². The van der Waals surface area contributed by atoms with Gasteiger partial charge in [0.1, 0.15) is 5.75 Å². The Hall–Kier alpha value is -2.62. The second-order valence-electron chi connectivity index (χ2n) is 5.38. The molecule has 0 aliphatic rings. The van der Waals surface area contributed by atoms with Crippen molar-refractivity contribution >= 4 is 11.6 Å². The van der Waals surface area contributed by atoms with Gasteiger partial charge in [-0.3, -0.25) is 4.79 Å². The zero-order valence-corrected chi connectivity index (χ0v) is 14.0. The summed E-state index contributed by atoms with van der Waals surface area (Å²) in [5.74, 6) is 0.593. The van der Waals surface area contributed by atoms with Crippen molar-refractivity contribution in [2.24, 2.45) is 5.10 Å². The minimum absolute atomic E-state index is 0.201. The molecule has 4 nitrogen and oxygen atoms in total. The Morgan fingerprint density at radius 3 is 2.26 bits per heavy atom. The number of rotatable bonds is 5. The molecule has 0 radical (unpaired) electrons. The monoisotopic (exact) mass is 310 g/mol. The Bertz CT molecular complexity index is 719. The van der Waals surface area contributed by atoms with Gasteiger partial charge in [0.15, 0.2) is 0 Å². The van der Waals surface area contributed by atoms with Crippen molar-refractivity contribution in [3.05, 3.63) is 64.7 Å². The molecule has 120 valence electrons. The normalized spacial score (nSPS) is 11.2. The van der Waals surface area contributed by atoms with E-state index < -0.39 is 0 Å². The average Bonchev–Trinajstić information content (AvgIpc) is 2.58. The van der Waals surface area contributed by atoms with Crippen LogP contribution in [0.4, 0.5) is 0 Å². The fraction of sp³-hybridized carbons (Fsp3) is 0.263. The minimum Gasteiger partial charge on any atom is -0.497 e. The third kappa shape index (κ3) is 4.19. The maximum atomic E-state index is 12.2. The molecule has 0 spiro atoms. The summed E-state index contributed by atoms with van der Waals surface area (Å²) in [7, 11) is 1.63. The maximum Gasteiger partial charge on any atom is 0.271 e. The number of nitrogens with zero attached hydrogens (tertiary/aromatic N) is 1. The van der Waals surface area contributed by atoms with Crippen molar-refractivity contribution in [3.63, 3.8) is 0 Å². The van der Waals surface area contributed by atoms with Crippen molar-refractivity contribution in [2.45, 2.75) is 27.2 Å². The summed E-state index contributed by atoms with van der Waals surface area (Å²) in [6, 6.07) is 13.3. The highest BCUT2D eigenvalue weighted by Gasteiger charge is 2.07. The lowest BCUT2D eigenvalue weighted by Gasteiger charge is -2.07. The van der Waals surface area contributed by atoms with Gasteiger partial charge in [-0.25, -0.2) is 5.43 Å². The van der Waals surface area contributed by atoms with Gasteiger partial charge in [0.2, 0.25) is 0 Å². The Morgan fingerprint density at radius 2 is 1.70 bits per heavy atom. The van der Waals surface area contributed by atoms with E-state index in [1.54, 1.807) is 7.11 Å². The first-order valence-corrected chi connectivity index (χ1v) is 7.63. The van der Waals surface area contributed by atoms with E-state index in [2.05, 4.69) is 10.5 Å². The van der Waals surface area contributed by atoms with Gasteiger partial charge < -0.3 is 4.74 Å². The third-order valence-corrected chi connectivity index (χ3v) is 3.82. The van der Waals surface area contributed by atoms with Crippen LogP contribution in [0, 0.1) is 13.8 Å². The zero-order valence-electron chi connectivity index (χ0n) is 14.0. The fourth-order valence-corrected chi connectivity index (χ4v) is 2.20. The van der Waals surface area contributed by atoms with Crippen molar-refractivity contribution in [3.8, 4) is 5.75 Å². The van der Waals surface area contributed by atoms with E-state index in [0.29, 0.717) is 5.56 Å². The zero-order chi connectivity index (χ0) is 16.8. The van der Waals surface area contributed by atoms with Crippen molar-refractivity contribution in [2.75, 3.05) is 7.11 Å². The van der Waals surface area contributed by atoms with Crippen LogP contribution < -0.4 is 10.2 Å². The Kier molecular flexibility index (Phi) is 5.52. The smallest absolute Gasteiger partial charge is 0.271 e. The van der Waals surface area contributed by atoms with Crippen LogP contribution in [0.5, 0.6) is 5.75 Å². The van der Waals surface area contributed by atoms with Gasteiger partial charge >= 0.3 is 0 Å². The highest BCUT2D eigenvalue weighted by Crippen LogP contribution is 2.13. The van der Waals surface area contributed by atoms with Crippen LogP contribution in [-0.4, -0.2) is 18.7 Å². The lowest BCUT2D eigenvalue weighted by Crippen LogP contribution is -2.20. The molecule has 1 N–H and O–H groups in total. The number of nitrogens with one attached hydrogen (secondary N) is 1. The quantitative estimate of drug-likeness (QED) is 0.673. The van der Waals surface area contributed by atoms with Crippen LogP contribution >= 0.6 is 0 Å². The second kappa shape index (κ2) is 7.58. The highest BCUT2D eigenvalue weighted by atomic mass is 16.5. The number of benzene rings is 2. The average molecular weight is 310 g/mol. The molecule has 0 atom stereocenters. The molecule has 2 aromatic carbocycles. The number of hydrogen-bond donors (Lipinski definition) is 1. The van der Waals surface area contributed by atoms with Crippen LogP contribution in [0.2, 0.25) is 0 Å². The molecule has 0 bridgehead atoms. The van der Waals surface area contributed by atoms with Crippen LogP contribution in [0.25, 0.3) is 0 Å². The number of hydrogen-bond acceptors (Lipinski definition) is 3. The van der Waals surface area contributed by atoms with E-state index in [9.17, 15) is 4.79 Å². The topological polar surface area (TPSA) is 50.7 Å². The number of carbonyl (C=O) groups is 1. The van der Waals surface area contributed by atoms with Crippen molar-refractivity contribution in [1.82, 2.24) is 5.43 Å². The number of methoxy groups -OCH3 is 1. The summed E-state index contributed by atoms with van der Waals surface area (Å²) in [5.41, 5.74) is 7.30. The van der Waals surface area contributed by atoms with Gasteiger partial charge in [0, 0.05) is 5.56 Å². The van der Waals surface area contributed by atoms with Crippen LogP contribution in [-0.2, 0) is 0 Å². The van der Waals surface area contributed by atoms with Gasteiger partial charge in [-0.1, -0.05) is 13.0 Å². The standard InChI is InChI=1S/C19H22N2O2/c1-5-18(15-8-10-17(23-4)11-9-15)20-21-19(22)16-7-6-13(2)14(3)12-16/h6-12H,5H2,1-4H3,(H,21,22)/b20-18-. The van der Waals surface area contributed by atoms with Gasteiger partial charge in [0.05, 0.1) is 12.8 Å². The molecule has 0 heterocycles. The lowest BCUT2D eigenvalue weighted by molar-refractivity contribution is 0.0954. The summed E-state index contributed by atoms with van der Waals surface area (Å²) in [4.78, 5) is 12.2. The molecule has 0 aromatic heterocycles. The molecule has 0 saturated carbocycles. The lowest BCUT2D eigenvalue weighted by atomic mass is 10.1. The molecule has 0 saturated heterocycles. The predicted octanol–water partition coefficient (Wildman–Crippen LogP) is 3.86. The molecule has 2 aromatic rings. The first-order chi connectivity index (χ1) is 11.0. The third-order valence-electron chi connectivity index (χ3n) is 3.82. The maximum absolute atomic E-state index is 12.2. The first-order valence-electron chi connectivity index (χ1n) is 7.63. The Morgan fingerprint density at radius 1 is 1.04 bits per heavy atom. The van der Waals surface area contributed by atoms with E-state index in [0.717, 1.165) is 34.6 Å². The fourth-order valence-electron chi connectivity index (χ4n) is 2.20. The summed E-state index contributed by atoms with van der Waals surface area (Å²) in [5, 5.41) is 4.27. The summed E-state index contributed by atoms with van der Waals surface area (Å²) < 4.78 is 5.15. The van der Waals surface area contributed by atoms with E-state index in [1.165, 1.54) is 0 Å². The molecule has 0 aliphatic carbocycles. The SMILES string of the molecule is CC/C(=N/NC(=O)c1ccc(C)c(C)c1)c1ccc(OC)cc1. The highest BCUT2D eigenvalue weighted by molar-refractivity contribution is 6.02. The van der Waals surface area contributed by atoms with Crippen LogP contribution in [0.3, 0.4) is 0 Å². The second-order valence-corrected chi connectivity index (χ2v) is 5.38. The number of ether oxygens (including phenoxy) is 1. The van der Waals surface area contributed by atoms with Crippen molar-refractivity contribution in [1.29, 1.82) is 0 Å². The molecule has 4 heteroatoms. The largest absolute Gasteiger partial charge is 0.497 e. The summed E-state index contributed by atoms with van der Waals surface area (Å²) in [6.07, 6.45) is 0.722. The summed E-state index contributed by atoms with van der Waals surface area (Å²) in [6.45, 7) is 6.02. The molecule has 23 heavy (non-hydrogen) atoms. The van der Waals surface area contributed by atoms with Gasteiger partial charge in [-0.15, -0.1) is 0 Å². The van der Waals surface area contributed by atoms with E-state index >= 15 is 0 Å². The number of carbonyl (C=O) groups excluding carboxylic acids is 1. The van der Waals surface area contributed by atoms with E-state index in [-0.39, 0.29) is 5.91 Å². The number of aryl methyl sites for hydroxylation is 2.